The van der Waals surface area contributed by atoms with E-state index in [2.05, 4.69) is 111 Å². The number of amides is 12. The number of carboxylic acid groups (broad SMARTS) is 8. The van der Waals surface area contributed by atoms with Crippen LogP contribution in [-0.2, 0) is 246 Å². The molecule has 744 valence electrons. The van der Waals surface area contributed by atoms with E-state index in [4.69, 9.17) is 63.8 Å². The van der Waals surface area contributed by atoms with Gasteiger partial charge in [0.25, 0.3) is 47.5 Å². The third kappa shape index (κ3) is 58.7. The SMILES string of the molecule is [CH2-]OC(=O)C(CSSCC(NC(=O)CCC(N)C(=O)O)C(=O)NCC(=O)O)NC(=O)c1cccc(C(=O)NC(CSSCC(NC(=O)CCC(N)C(=O)O)C(=O)NCC(=O)O)C(=O)O[CH2-])c1.[CH2-]OC(=O)C(CSSCC(NC(=O)CCC(N)C(=O)O)C(=O)NCC(=O)O)NC(=O)c1cccc(C(=O)NCC(SSCC(NC(=O)CCC(N)C(=O)O)C(=O)NCC(=O)O)C(=O)O[CH2-])c1.[Y].[Y].[Y].[Y]. The number of ether oxygens (including phenoxy) is 4. The Morgan fingerprint density at radius 1 is 0.294 bits per heavy atom. The maximum atomic E-state index is 13.3. The van der Waals surface area contributed by atoms with Crippen molar-refractivity contribution in [2.75, 3.05) is 73.0 Å². The molecule has 4 radical (unpaired) electrons. The van der Waals surface area contributed by atoms with Crippen LogP contribution in [0, 0.1) is 28.4 Å². The number of benzene rings is 2. The molecule has 2 aromatic rings. The summed E-state index contributed by atoms with van der Waals surface area (Å²) < 4.78 is 18.2. The molecule has 12 unspecified atom stereocenters. The number of aliphatic carboxylic acids is 8. The molecule has 0 heterocycles. The van der Waals surface area contributed by atoms with E-state index in [1.165, 1.54) is 36.4 Å². The molecule has 0 bridgehead atoms. The number of nitrogens with one attached hydrogen (secondary N) is 12. The molecule has 0 aliphatic heterocycles. The monoisotopic (exact) mass is 2370 g/mol. The van der Waals surface area contributed by atoms with E-state index in [0.717, 1.165) is 98.5 Å². The van der Waals surface area contributed by atoms with Crippen LogP contribution in [0.15, 0.2) is 48.5 Å². The average Bonchev–Trinajstić information content (AvgIpc) is 0.849. The topological polar surface area (TPSA) is 857 Å². The molecule has 136 heavy (non-hydrogen) atoms. The number of carboxylic acids is 8. The first-order valence-corrected chi connectivity index (χ1v) is 47.4. The van der Waals surface area contributed by atoms with E-state index >= 15 is 0 Å². The molecule has 2 rings (SSSR count). The van der Waals surface area contributed by atoms with E-state index < -0.39 is 247 Å². The number of hydrogen-bond acceptors (Lipinski definition) is 40. The second-order valence-electron chi connectivity index (χ2n) is 26.2. The molecule has 2 aromatic carbocycles. The van der Waals surface area contributed by atoms with Crippen molar-refractivity contribution in [1.29, 1.82) is 0 Å². The fourth-order valence-electron chi connectivity index (χ4n) is 9.14. The maximum absolute atomic E-state index is 13.3. The minimum absolute atomic E-state index is 0. The predicted octanol–water partition coefficient (Wildman–Crippen LogP) is -5.87. The molecule has 12 amide bonds. The normalized spacial score (nSPS) is 13.0. The van der Waals surface area contributed by atoms with Crippen molar-refractivity contribution in [1.82, 2.24) is 63.8 Å². The van der Waals surface area contributed by atoms with E-state index in [1.54, 1.807) is 0 Å². The number of nitrogens with two attached hydrogens (primary N) is 4. The Labute approximate surface area is 906 Å². The summed E-state index contributed by atoms with van der Waals surface area (Å²) in [6.07, 6.45) is -2.53. The number of carbonyl (C=O) groups excluding carboxylic acids is 16. The molecule has 28 N–H and O–H groups in total. The first kappa shape index (κ1) is 135. The second kappa shape index (κ2) is 75.6. The van der Waals surface area contributed by atoms with Gasteiger partial charge in [0.05, 0.1) is 0 Å². The summed E-state index contributed by atoms with van der Waals surface area (Å²) in [4.78, 5) is 291. The van der Waals surface area contributed by atoms with Crippen LogP contribution >= 0.6 is 86.4 Å². The summed E-state index contributed by atoms with van der Waals surface area (Å²) in [5, 5.41) is 98.0. The van der Waals surface area contributed by atoms with E-state index in [0.29, 0.717) is 0 Å². The Hall–Kier alpha value is -7.22. The summed E-state index contributed by atoms with van der Waals surface area (Å²) in [6.45, 7) is -3.50. The van der Waals surface area contributed by atoms with E-state index in [9.17, 15) is 115 Å². The van der Waals surface area contributed by atoms with Crippen molar-refractivity contribution in [3.05, 3.63) is 99.2 Å². The largest absolute Gasteiger partial charge is 0.639 e. The first-order chi connectivity index (χ1) is 62.2. The molecule has 52 nitrogen and oxygen atoms in total. The summed E-state index contributed by atoms with van der Waals surface area (Å²) in [6, 6.07) is -4.60. The molecular formula is C72H96N16O36S8Y4-4. The van der Waals surface area contributed by atoms with Gasteiger partial charge in [-0.2, -0.15) is 28.4 Å². The van der Waals surface area contributed by atoms with E-state index in [1.807, 2.05) is 0 Å². The molecule has 0 aromatic heterocycles. The van der Waals surface area contributed by atoms with Crippen LogP contribution in [-0.4, -0.2) is 328 Å². The van der Waals surface area contributed by atoms with Gasteiger partial charge in [-0.25, -0.2) is 0 Å². The fourth-order valence-corrected chi connectivity index (χ4v) is 18.6. The second-order valence-corrected chi connectivity index (χ2v) is 36.5. The molecule has 64 heteroatoms. The zero-order chi connectivity index (χ0) is 99.9. The van der Waals surface area contributed by atoms with Crippen LogP contribution < -0.4 is 86.7 Å². The Morgan fingerprint density at radius 2 is 0.507 bits per heavy atom. The molecule has 12 atom stereocenters. The van der Waals surface area contributed by atoms with Gasteiger partial charge in [-0.1, -0.05) is 98.5 Å². The number of esters is 4. The molecular weight excluding hydrogens is 2280 g/mol. The van der Waals surface area contributed by atoms with Crippen molar-refractivity contribution in [3.8, 4) is 0 Å². The van der Waals surface area contributed by atoms with Crippen molar-refractivity contribution in [2.45, 2.75) is 123 Å². The number of carbonyl (C=O) groups is 24. The summed E-state index contributed by atoms with van der Waals surface area (Å²) >= 11 is 0. The van der Waals surface area contributed by atoms with Crippen LogP contribution in [0.2, 0.25) is 0 Å². The van der Waals surface area contributed by atoms with Gasteiger partial charge in [-0.15, -0.1) is 0 Å². The Morgan fingerprint density at radius 3 is 0.721 bits per heavy atom. The first-order valence-electron chi connectivity index (χ1n) is 37.5. The standard InChI is InChI=1S/2C36H48N8O18S4.4Y/c1-61-35(59)23(16-64-63-14-21(31(53)40-12-27(47)48)42-25(45)8-6-19(37)33(55)56)44-30(52)18-5-3-4-17(10-18)29(51)39-11-24(36(60)62-2)66-65-15-22(32(54)41-13-28(49)50)43-26(46)9-7-20(38)34(57)58;1-61-35(59)23(15-65-63-13-21(31(53)39-11-27(47)48)41-25(45)8-6-19(37)33(55)56)43-29(51)17-4-3-5-18(10-17)30(52)44-24(36(60)62-2)16-66-64-14-22(32(54)40-12-28(49)50)42-26(46)9-7-20(38)34(57)58;;;;/h3-5,10,19-24H,1-2,6-9,11-16,37-38H2,(H,39,51)(H,40,53)(H,41,54)(H,42,45)(H,43,46)(H,44,52)(H,47,48)(H,49,50)(H,55,56)(H,57,58);3-5,10,19-24H,1-2,6-9,11-16,37-38H2,(H,39,53)(H,40,54)(H,41,45)(H,42,46)(H,43,51)(H,44,52)(H,47,48)(H,49,50)(H,55,56)(H,57,58);;;;/q2*-2;;;;. The van der Waals surface area contributed by atoms with Gasteiger partial charge in [-0.3, -0.25) is 115 Å². The minimum Gasteiger partial charge on any atom is -0.639 e. The van der Waals surface area contributed by atoms with Crippen LogP contribution in [0.5, 0.6) is 0 Å². The summed E-state index contributed by atoms with van der Waals surface area (Å²) in [5.74, 6) is -26.2. The zero-order valence-corrected chi connectivity index (χ0v) is 89.3. The Kier molecular flexibility index (Phi) is 75.1. The third-order valence-corrected chi connectivity index (χ3v) is 26.1. The average molecular weight is 2370 g/mol. The third-order valence-electron chi connectivity index (χ3n) is 16.2. The van der Waals surface area contributed by atoms with Crippen LogP contribution in [0.4, 0.5) is 0 Å². The van der Waals surface area contributed by atoms with Gasteiger partial charge in [0.15, 0.2) is 0 Å². The van der Waals surface area contributed by atoms with Gasteiger partial charge in [0.1, 0.15) is 97.9 Å². The Balaban J connectivity index is -0.00000124. The molecule has 0 aliphatic carbocycles. The van der Waals surface area contributed by atoms with Gasteiger partial charge < -0.3 is 147 Å². The Bertz CT molecular complexity index is 4290. The van der Waals surface area contributed by atoms with Crippen molar-refractivity contribution >= 4 is 229 Å². The molecule has 0 aliphatic rings. The van der Waals surface area contributed by atoms with Crippen molar-refractivity contribution in [2.24, 2.45) is 22.9 Å². The van der Waals surface area contributed by atoms with Gasteiger partial charge in [0.2, 0.25) is 47.3 Å². The predicted molar refractivity (Wildman–Crippen MR) is 473 cm³/mol. The van der Waals surface area contributed by atoms with Crippen LogP contribution in [0.3, 0.4) is 0 Å². The van der Waals surface area contributed by atoms with Gasteiger partial charge >= 0.3 is 47.8 Å². The molecule has 0 saturated carbocycles. The van der Waals surface area contributed by atoms with Crippen LogP contribution in [0.25, 0.3) is 0 Å². The van der Waals surface area contributed by atoms with Crippen LogP contribution in [0.1, 0.15) is 92.8 Å². The maximum Gasteiger partial charge on any atom is 0.322 e. The van der Waals surface area contributed by atoms with Gasteiger partial charge in [0, 0.05) is 226 Å². The quantitative estimate of drug-likeness (QED) is 0.00964. The smallest absolute Gasteiger partial charge is 0.322 e. The minimum atomic E-state index is -1.38. The number of rotatable bonds is 64. The molecule has 0 fully saturated rings. The number of hydrogen-bond donors (Lipinski definition) is 24. The fraction of sp³-hybridized carbons (Fsp3) is 0.444. The van der Waals surface area contributed by atoms with E-state index in [-0.39, 0.29) is 245 Å². The molecule has 0 saturated heterocycles. The summed E-state index contributed by atoms with van der Waals surface area (Å²) in [5.41, 5.74) is 21.2. The molecule has 0 spiro atoms. The van der Waals surface area contributed by atoms with Gasteiger partial charge in [-0.05, 0) is 62.1 Å². The zero-order valence-electron chi connectivity index (χ0n) is 71.4. The summed E-state index contributed by atoms with van der Waals surface area (Å²) in [7, 11) is 19.5. The van der Waals surface area contributed by atoms with Crippen molar-refractivity contribution < 1.29 is 306 Å². The van der Waals surface area contributed by atoms with Crippen molar-refractivity contribution in [3.63, 3.8) is 0 Å².